The summed E-state index contributed by atoms with van der Waals surface area (Å²) in [5.74, 6) is 0.192. The number of hydrogen-bond acceptors (Lipinski definition) is 4. The summed E-state index contributed by atoms with van der Waals surface area (Å²) in [6, 6.07) is 3.67. The first-order valence-electron chi connectivity index (χ1n) is 5.36. The molecule has 0 N–H and O–H groups in total. The lowest BCUT2D eigenvalue weighted by Crippen LogP contribution is -2.18. The molecule has 0 fully saturated rings. The van der Waals surface area contributed by atoms with Crippen molar-refractivity contribution in [1.29, 1.82) is 0 Å². The molecule has 0 aromatic heterocycles. The summed E-state index contributed by atoms with van der Waals surface area (Å²) in [5.41, 5.74) is 1.75. The first-order chi connectivity index (χ1) is 8.10. The number of carboxylic acids is 1. The number of aliphatic carboxylic acids is 1. The van der Waals surface area contributed by atoms with E-state index in [1.807, 2.05) is 13.0 Å². The maximum absolute atomic E-state index is 10.4. The second-order valence-corrected chi connectivity index (χ2v) is 3.99. The van der Waals surface area contributed by atoms with Gasteiger partial charge in [0.25, 0.3) is 0 Å². The largest absolute Gasteiger partial charge is 0.545 e. The molecule has 90 valence electrons. The molecule has 0 unspecified atom stereocenters. The molecule has 17 heavy (non-hydrogen) atoms. The van der Waals surface area contributed by atoms with Gasteiger partial charge in [-0.15, -0.1) is 0 Å². The summed E-state index contributed by atoms with van der Waals surface area (Å²) in [6.07, 6.45) is 3.41. The van der Waals surface area contributed by atoms with Crippen molar-refractivity contribution in [2.75, 3.05) is 7.11 Å². The van der Waals surface area contributed by atoms with E-state index in [0.29, 0.717) is 11.3 Å². The molecule has 1 aliphatic heterocycles. The zero-order valence-corrected chi connectivity index (χ0v) is 9.73. The number of carbonyl (C=O) groups is 1. The molecule has 1 atom stereocenters. The van der Waals surface area contributed by atoms with Gasteiger partial charge in [0.2, 0.25) is 0 Å². The van der Waals surface area contributed by atoms with Crippen molar-refractivity contribution in [3.63, 3.8) is 0 Å². The molecule has 0 bridgehead atoms. The highest BCUT2D eigenvalue weighted by Gasteiger charge is 2.20. The fourth-order valence-electron chi connectivity index (χ4n) is 1.92. The van der Waals surface area contributed by atoms with Gasteiger partial charge in [0.15, 0.2) is 0 Å². The van der Waals surface area contributed by atoms with E-state index in [2.05, 4.69) is 0 Å². The minimum Gasteiger partial charge on any atom is -0.545 e. The fourth-order valence-corrected chi connectivity index (χ4v) is 1.92. The van der Waals surface area contributed by atoms with E-state index in [0.717, 1.165) is 23.8 Å². The van der Waals surface area contributed by atoms with Crippen LogP contribution in [0.25, 0.3) is 6.08 Å². The Morgan fingerprint density at radius 1 is 1.59 bits per heavy atom. The van der Waals surface area contributed by atoms with Crippen molar-refractivity contribution in [3.8, 4) is 11.5 Å². The highest BCUT2D eigenvalue weighted by Crippen LogP contribution is 2.35. The lowest BCUT2D eigenvalue weighted by atomic mass is 10.1. The van der Waals surface area contributed by atoms with Crippen molar-refractivity contribution >= 4 is 12.0 Å². The summed E-state index contributed by atoms with van der Waals surface area (Å²) in [5, 5.41) is 10.4. The Hall–Kier alpha value is -1.97. The lowest BCUT2D eigenvalue weighted by molar-refractivity contribution is -0.297. The van der Waals surface area contributed by atoms with Gasteiger partial charge < -0.3 is 19.4 Å². The van der Waals surface area contributed by atoms with Crippen LogP contribution in [0.2, 0.25) is 0 Å². The minimum atomic E-state index is -1.23. The average Bonchev–Trinajstić information content (AvgIpc) is 2.63. The van der Waals surface area contributed by atoms with Gasteiger partial charge in [-0.1, -0.05) is 0 Å². The second kappa shape index (κ2) is 4.49. The molecule has 1 aliphatic rings. The van der Waals surface area contributed by atoms with E-state index < -0.39 is 5.97 Å². The summed E-state index contributed by atoms with van der Waals surface area (Å²) < 4.78 is 10.8. The predicted octanol–water partition coefficient (Wildman–Crippen LogP) is 0.782. The highest BCUT2D eigenvalue weighted by atomic mass is 16.5. The zero-order chi connectivity index (χ0) is 12.4. The van der Waals surface area contributed by atoms with Crippen LogP contribution in [-0.2, 0) is 11.2 Å². The van der Waals surface area contributed by atoms with Crippen LogP contribution in [0, 0.1) is 0 Å². The van der Waals surface area contributed by atoms with Crippen LogP contribution in [0.1, 0.15) is 18.1 Å². The second-order valence-electron chi connectivity index (χ2n) is 3.99. The van der Waals surface area contributed by atoms with Crippen molar-refractivity contribution in [2.45, 2.75) is 19.4 Å². The number of rotatable bonds is 3. The van der Waals surface area contributed by atoms with E-state index in [1.54, 1.807) is 13.2 Å². The molecule has 0 amide bonds. The van der Waals surface area contributed by atoms with E-state index >= 15 is 0 Å². The fraction of sp³-hybridized carbons (Fsp3) is 0.308. The van der Waals surface area contributed by atoms with Gasteiger partial charge in [-0.3, -0.25) is 0 Å². The molecule has 4 heteroatoms. The Kier molecular flexibility index (Phi) is 3.04. The monoisotopic (exact) mass is 233 g/mol. The first-order valence-corrected chi connectivity index (χ1v) is 5.36. The van der Waals surface area contributed by atoms with Crippen molar-refractivity contribution in [2.24, 2.45) is 0 Å². The van der Waals surface area contributed by atoms with Gasteiger partial charge in [-0.05, 0) is 31.2 Å². The molecule has 0 radical (unpaired) electrons. The number of methoxy groups -OCH3 is 1. The standard InChI is InChI=1S/C13H14O4/c1-8-5-10-7-11(16-2)9(3-4-13(14)15)6-12(10)17-8/h3-4,6-8H,5H2,1-2H3,(H,14,15)/p-1/b4-3+/t8-/m1/s1. The van der Waals surface area contributed by atoms with Gasteiger partial charge in [0.1, 0.15) is 17.6 Å². The molecule has 2 rings (SSSR count). The van der Waals surface area contributed by atoms with Gasteiger partial charge in [-0.2, -0.15) is 0 Å². The van der Waals surface area contributed by atoms with Crippen LogP contribution < -0.4 is 14.6 Å². The molecule has 1 aromatic carbocycles. The number of fused-ring (bicyclic) bond motifs is 1. The van der Waals surface area contributed by atoms with Crippen molar-refractivity contribution in [3.05, 3.63) is 29.3 Å². The van der Waals surface area contributed by atoms with E-state index in [1.165, 1.54) is 6.08 Å². The topological polar surface area (TPSA) is 58.6 Å². The number of carboxylic acid groups (broad SMARTS) is 1. The molecular weight excluding hydrogens is 220 g/mol. The SMILES string of the molecule is COc1cc2c(cc1/C=C/C(=O)[O-])O[C@H](C)C2. The smallest absolute Gasteiger partial charge is 0.126 e. The van der Waals surface area contributed by atoms with Crippen LogP contribution in [-0.4, -0.2) is 19.2 Å². The molecule has 0 aliphatic carbocycles. The average molecular weight is 233 g/mol. The van der Waals surface area contributed by atoms with Crippen LogP contribution >= 0.6 is 0 Å². The Labute approximate surface area is 99.5 Å². The number of benzene rings is 1. The first kappa shape index (κ1) is 11.5. The summed E-state index contributed by atoms with van der Waals surface area (Å²) >= 11 is 0. The predicted molar refractivity (Wildman–Crippen MR) is 60.8 cm³/mol. The highest BCUT2D eigenvalue weighted by molar-refractivity contribution is 5.84. The Bertz CT molecular complexity index is 477. The minimum absolute atomic E-state index is 0.148. The summed E-state index contributed by atoms with van der Waals surface area (Å²) in [6.45, 7) is 1.99. The molecule has 0 saturated carbocycles. The lowest BCUT2D eigenvalue weighted by Gasteiger charge is -2.08. The van der Waals surface area contributed by atoms with Gasteiger partial charge in [0, 0.05) is 17.5 Å². The number of ether oxygens (including phenoxy) is 2. The van der Waals surface area contributed by atoms with Crippen LogP contribution in [0.5, 0.6) is 11.5 Å². The van der Waals surface area contributed by atoms with Crippen LogP contribution in [0.4, 0.5) is 0 Å². The molecule has 1 heterocycles. The summed E-state index contributed by atoms with van der Waals surface area (Å²) in [7, 11) is 1.55. The maximum atomic E-state index is 10.4. The normalized spacial score (nSPS) is 17.9. The van der Waals surface area contributed by atoms with Crippen molar-refractivity contribution in [1.82, 2.24) is 0 Å². The number of carbonyl (C=O) groups excluding carboxylic acids is 1. The third-order valence-corrected chi connectivity index (χ3v) is 2.65. The quantitative estimate of drug-likeness (QED) is 0.724. The molecule has 4 nitrogen and oxygen atoms in total. The Morgan fingerprint density at radius 2 is 2.35 bits per heavy atom. The zero-order valence-electron chi connectivity index (χ0n) is 9.73. The molecule has 0 spiro atoms. The third kappa shape index (κ3) is 2.41. The maximum Gasteiger partial charge on any atom is 0.126 e. The van der Waals surface area contributed by atoms with E-state index in [-0.39, 0.29) is 6.10 Å². The van der Waals surface area contributed by atoms with Gasteiger partial charge in [0.05, 0.1) is 13.1 Å². The molecule has 1 aromatic rings. The van der Waals surface area contributed by atoms with Gasteiger partial charge in [-0.25, -0.2) is 0 Å². The summed E-state index contributed by atoms with van der Waals surface area (Å²) in [4.78, 5) is 10.4. The van der Waals surface area contributed by atoms with E-state index in [9.17, 15) is 9.90 Å². The van der Waals surface area contributed by atoms with Crippen molar-refractivity contribution < 1.29 is 19.4 Å². The third-order valence-electron chi connectivity index (χ3n) is 2.65. The van der Waals surface area contributed by atoms with Crippen LogP contribution in [0.15, 0.2) is 18.2 Å². The molecule has 0 saturated heterocycles. The van der Waals surface area contributed by atoms with E-state index in [4.69, 9.17) is 9.47 Å². The Morgan fingerprint density at radius 3 is 3.00 bits per heavy atom. The van der Waals surface area contributed by atoms with Crippen LogP contribution in [0.3, 0.4) is 0 Å². The Balaban J connectivity index is 2.39. The van der Waals surface area contributed by atoms with Gasteiger partial charge >= 0.3 is 0 Å². The molecular formula is C13H13O4-. The number of hydrogen-bond donors (Lipinski definition) is 0.